The summed E-state index contributed by atoms with van der Waals surface area (Å²) < 4.78 is 49.8. The highest BCUT2D eigenvalue weighted by molar-refractivity contribution is 6.34. The van der Waals surface area contributed by atoms with Crippen LogP contribution < -0.4 is 16.4 Å². The van der Waals surface area contributed by atoms with Gasteiger partial charge in [-0.25, -0.2) is 19.4 Å². The van der Waals surface area contributed by atoms with Gasteiger partial charge in [0.15, 0.2) is 17.3 Å². The van der Waals surface area contributed by atoms with Crippen LogP contribution >= 0.6 is 11.6 Å². The fourth-order valence-corrected chi connectivity index (χ4v) is 7.11. The molecule has 6 rings (SSSR count). The van der Waals surface area contributed by atoms with E-state index in [1.165, 1.54) is 48.1 Å². The molecule has 2 fully saturated rings. The summed E-state index contributed by atoms with van der Waals surface area (Å²) in [5.74, 6) is -1.10. The molecule has 0 spiro atoms. The number of nitrogens with one attached hydrogen (secondary N) is 2. The van der Waals surface area contributed by atoms with Crippen LogP contribution in [0.15, 0.2) is 48.9 Å². The molecule has 0 unspecified atom stereocenters. The van der Waals surface area contributed by atoms with Crippen molar-refractivity contribution in [1.82, 2.24) is 39.4 Å². The zero-order valence-electron chi connectivity index (χ0n) is 31.9. The fraction of sp³-hybridized carbons (Fsp3) is 0.447. The number of pyridine rings is 1. The summed E-state index contributed by atoms with van der Waals surface area (Å²) in [7, 11) is 1.40. The van der Waals surface area contributed by atoms with Crippen molar-refractivity contribution in [2.24, 2.45) is 18.9 Å². The van der Waals surface area contributed by atoms with E-state index < -0.39 is 29.3 Å². The Labute approximate surface area is 331 Å². The van der Waals surface area contributed by atoms with Crippen molar-refractivity contribution >= 4 is 46.8 Å². The number of imidazole rings is 1. The van der Waals surface area contributed by atoms with Crippen LogP contribution in [0.2, 0.25) is 5.02 Å². The molecule has 57 heavy (non-hydrogen) atoms. The lowest BCUT2D eigenvalue weighted by molar-refractivity contribution is -0.141. The Morgan fingerprint density at radius 1 is 0.930 bits per heavy atom. The molecule has 4 aromatic rings. The van der Waals surface area contributed by atoms with Crippen LogP contribution in [-0.2, 0) is 22.8 Å². The van der Waals surface area contributed by atoms with Crippen molar-refractivity contribution in [1.29, 1.82) is 0 Å². The third-order valence-corrected chi connectivity index (χ3v) is 10.2. The highest BCUT2D eigenvalue weighted by atomic mass is 35.5. The second-order valence-electron chi connectivity index (χ2n) is 15.2. The SMILES string of the molecule is Cn1c(-c2cn(-c3ccc(N)cn3)nc2C(F)(F)F)cnc1C(=O)Nc1ccc(C(=O)NCC2CCN(C(=O)C3CCN(C(=O)OC(C)(C)C)CC3)CC2)c(Cl)c1. The van der Waals surface area contributed by atoms with E-state index in [2.05, 4.69) is 25.7 Å². The minimum absolute atomic E-state index is 0.0195. The molecule has 0 radical (unpaired) electrons. The predicted molar refractivity (Wildman–Crippen MR) is 205 cm³/mol. The molecule has 2 saturated heterocycles. The van der Waals surface area contributed by atoms with E-state index in [9.17, 15) is 32.3 Å². The molecule has 3 aromatic heterocycles. The number of hydrogen-bond donors (Lipinski definition) is 3. The molecule has 2 aliphatic rings. The maximum Gasteiger partial charge on any atom is 0.435 e. The number of amides is 4. The fourth-order valence-electron chi connectivity index (χ4n) is 6.84. The molecule has 15 nitrogen and oxygen atoms in total. The lowest BCUT2D eigenvalue weighted by atomic mass is 9.92. The van der Waals surface area contributed by atoms with Gasteiger partial charge in [-0.15, -0.1) is 0 Å². The minimum Gasteiger partial charge on any atom is -0.444 e. The van der Waals surface area contributed by atoms with Crippen LogP contribution in [-0.4, -0.2) is 96.3 Å². The summed E-state index contributed by atoms with van der Waals surface area (Å²) >= 11 is 6.46. The zero-order valence-corrected chi connectivity index (χ0v) is 32.7. The first-order chi connectivity index (χ1) is 26.9. The number of nitrogens with zero attached hydrogens (tertiary/aromatic N) is 7. The molecule has 19 heteroatoms. The van der Waals surface area contributed by atoms with Crippen molar-refractivity contribution in [3.8, 4) is 17.1 Å². The largest absolute Gasteiger partial charge is 0.444 e. The molecule has 0 saturated carbocycles. The van der Waals surface area contributed by atoms with Crippen LogP contribution in [0.1, 0.15) is 73.1 Å². The molecule has 5 heterocycles. The summed E-state index contributed by atoms with van der Waals surface area (Å²) in [6, 6.07) is 7.24. The number of hydrogen-bond acceptors (Lipinski definition) is 9. The lowest BCUT2D eigenvalue weighted by Crippen LogP contribution is -2.48. The molecule has 4 amide bonds. The normalized spacial score (nSPS) is 15.7. The van der Waals surface area contributed by atoms with Gasteiger partial charge in [0.1, 0.15) is 5.60 Å². The molecular weight excluding hydrogens is 769 g/mol. The number of carbonyl (C=O) groups excluding carboxylic acids is 4. The second kappa shape index (κ2) is 16.4. The average Bonchev–Trinajstić information content (AvgIpc) is 3.78. The van der Waals surface area contributed by atoms with Gasteiger partial charge in [-0.1, -0.05) is 11.6 Å². The zero-order chi connectivity index (χ0) is 41.2. The van der Waals surface area contributed by atoms with E-state index in [-0.39, 0.29) is 63.0 Å². The first-order valence-electron chi connectivity index (χ1n) is 18.4. The maximum atomic E-state index is 14.0. The van der Waals surface area contributed by atoms with Gasteiger partial charge in [-0.05, 0) is 82.7 Å². The van der Waals surface area contributed by atoms with Gasteiger partial charge in [0.05, 0.1) is 39.9 Å². The molecule has 0 aliphatic carbocycles. The molecular formula is C38H44ClF3N10O5. The van der Waals surface area contributed by atoms with E-state index >= 15 is 0 Å². The van der Waals surface area contributed by atoms with Crippen molar-refractivity contribution in [2.75, 3.05) is 43.8 Å². The predicted octanol–water partition coefficient (Wildman–Crippen LogP) is 5.79. The third-order valence-electron chi connectivity index (χ3n) is 9.90. The van der Waals surface area contributed by atoms with E-state index in [0.29, 0.717) is 51.3 Å². The molecule has 0 bridgehead atoms. The summed E-state index contributed by atoms with van der Waals surface area (Å²) in [6.07, 6.45) is 1.02. The number of aromatic nitrogens is 5. The summed E-state index contributed by atoms with van der Waals surface area (Å²) in [6.45, 7) is 7.95. The van der Waals surface area contributed by atoms with Crippen LogP contribution in [0.5, 0.6) is 0 Å². The highest BCUT2D eigenvalue weighted by Gasteiger charge is 2.39. The van der Waals surface area contributed by atoms with Crippen molar-refractivity contribution in [3.63, 3.8) is 0 Å². The van der Waals surface area contributed by atoms with E-state index in [0.717, 1.165) is 29.9 Å². The second-order valence-corrected chi connectivity index (χ2v) is 15.6. The minimum atomic E-state index is -4.82. The number of nitrogen functional groups attached to an aromatic ring is 1. The summed E-state index contributed by atoms with van der Waals surface area (Å²) in [4.78, 5) is 63.6. The van der Waals surface area contributed by atoms with E-state index in [4.69, 9.17) is 22.1 Å². The van der Waals surface area contributed by atoms with Crippen LogP contribution in [0.4, 0.5) is 29.3 Å². The van der Waals surface area contributed by atoms with Gasteiger partial charge in [0, 0.05) is 57.6 Å². The quantitative estimate of drug-likeness (QED) is 0.198. The molecule has 1 aromatic carbocycles. The van der Waals surface area contributed by atoms with Gasteiger partial charge in [-0.3, -0.25) is 14.4 Å². The van der Waals surface area contributed by atoms with Crippen LogP contribution in [0, 0.1) is 11.8 Å². The van der Waals surface area contributed by atoms with Gasteiger partial charge in [-0.2, -0.15) is 18.3 Å². The van der Waals surface area contributed by atoms with Crippen LogP contribution in [0.3, 0.4) is 0 Å². The first kappa shape index (κ1) is 41.0. The first-order valence-corrected chi connectivity index (χ1v) is 18.8. The molecule has 304 valence electrons. The Hall–Kier alpha value is -5.65. The van der Waals surface area contributed by atoms with Gasteiger partial charge >= 0.3 is 12.3 Å². The Morgan fingerprint density at radius 3 is 2.23 bits per heavy atom. The van der Waals surface area contributed by atoms with Gasteiger partial charge < -0.3 is 35.5 Å². The number of rotatable bonds is 8. The van der Waals surface area contributed by atoms with Crippen molar-refractivity contribution < 1.29 is 37.1 Å². The third kappa shape index (κ3) is 9.67. The summed E-state index contributed by atoms with van der Waals surface area (Å²) in [5, 5.41) is 9.32. The van der Waals surface area contributed by atoms with Gasteiger partial charge in [0.25, 0.3) is 11.8 Å². The Bertz CT molecular complexity index is 2130. The number of anilines is 2. The Balaban J connectivity index is 1.00. The number of nitrogens with two attached hydrogens (primary N) is 1. The standard InChI is InChI=1S/C38H44ClF3N10O5/c1-37(2,3)57-36(56)51-15-11-23(12-16-51)35(55)50-13-9-22(10-14-50)18-46-33(53)26-7-6-25(17-28(26)39)47-34(54)32-45-20-29(49(32)4)27-21-52(48-31(27)38(40,41)42)30-8-5-24(43)19-44-30/h5-8,17,19-23H,9-16,18,43H2,1-4H3,(H,46,53)(H,47,54). The Kier molecular flexibility index (Phi) is 11.8. The maximum absolute atomic E-state index is 14.0. The molecule has 0 atom stereocenters. The molecule has 4 N–H and O–H groups in total. The average molecular weight is 813 g/mol. The van der Waals surface area contributed by atoms with Crippen molar-refractivity contribution in [2.45, 2.75) is 58.2 Å². The van der Waals surface area contributed by atoms with Crippen LogP contribution in [0.25, 0.3) is 17.1 Å². The number of carbonyl (C=O) groups is 4. The highest BCUT2D eigenvalue weighted by Crippen LogP contribution is 2.37. The smallest absolute Gasteiger partial charge is 0.435 e. The van der Waals surface area contributed by atoms with E-state index in [1.807, 2.05) is 25.7 Å². The summed E-state index contributed by atoms with van der Waals surface area (Å²) in [5.41, 5.74) is 4.29. The van der Waals surface area contributed by atoms with E-state index in [1.54, 1.807) is 4.90 Å². The number of benzene rings is 1. The number of alkyl halides is 3. The number of ether oxygens (including phenoxy) is 1. The van der Waals surface area contributed by atoms with Gasteiger partial charge in [0.2, 0.25) is 5.91 Å². The Morgan fingerprint density at radius 2 is 1.61 bits per heavy atom. The monoisotopic (exact) mass is 812 g/mol. The number of halogens is 4. The van der Waals surface area contributed by atoms with Crippen molar-refractivity contribution in [3.05, 3.63) is 71.0 Å². The number of likely N-dealkylation sites (tertiary alicyclic amines) is 2. The molecule has 2 aliphatic heterocycles. The topological polar surface area (TPSA) is 183 Å². The lowest BCUT2D eigenvalue weighted by Gasteiger charge is -2.37. The number of piperidine rings is 2.